The smallest absolute Gasteiger partial charge is 0.327 e. The molecule has 2 atom stereocenters. The molecule has 4 rings (SSSR count). The van der Waals surface area contributed by atoms with Crippen molar-refractivity contribution in [3.8, 4) is 22.5 Å². The van der Waals surface area contributed by atoms with Crippen molar-refractivity contribution in [2.24, 2.45) is 0 Å². The Bertz CT molecular complexity index is 1100. The van der Waals surface area contributed by atoms with Gasteiger partial charge >= 0.3 is 6.01 Å². The number of nitrogens with two attached hydrogens (primary N) is 1. The fourth-order valence-corrected chi connectivity index (χ4v) is 3.88. The van der Waals surface area contributed by atoms with Gasteiger partial charge in [0.2, 0.25) is 5.95 Å². The third-order valence-electron chi connectivity index (χ3n) is 5.20. The summed E-state index contributed by atoms with van der Waals surface area (Å²) in [6.07, 6.45) is 1.67. The first kappa shape index (κ1) is 21.9. The van der Waals surface area contributed by atoms with Gasteiger partial charge in [-0.15, -0.1) is 0 Å². The number of morpholine rings is 1. The summed E-state index contributed by atoms with van der Waals surface area (Å²) >= 11 is 1.29. The molecular formula is C21H25N7O3S. The maximum atomic E-state index is 12.1. The average Bonchev–Trinajstić information content (AvgIpc) is 3.22. The Labute approximate surface area is 190 Å². The summed E-state index contributed by atoms with van der Waals surface area (Å²) in [5.74, 6) is 1.36. The molecule has 11 heteroatoms. The molecule has 0 radical (unpaired) electrons. The highest BCUT2D eigenvalue weighted by Gasteiger charge is 2.28. The fraction of sp³-hybridized carbons (Fsp3) is 0.381. The van der Waals surface area contributed by atoms with Crippen LogP contribution in [0.3, 0.4) is 0 Å². The molecule has 0 bridgehead atoms. The second-order valence-electron chi connectivity index (χ2n) is 7.64. The quantitative estimate of drug-likeness (QED) is 0.619. The Morgan fingerprint density at radius 1 is 1.22 bits per heavy atom. The maximum absolute atomic E-state index is 12.1. The van der Waals surface area contributed by atoms with Gasteiger partial charge in [0.05, 0.1) is 29.8 Å². The maximum Gasteiger partial charge on any atom is 0.327 e. The second kappa shape index (κ2) is 9.05. The molecule has 10 nitrogen and oxygen atoms in total. The van der Waals surface area contributed by atoms with Gasteiger partial charge in [-0.25, -0.2) is 4.98 Å². The van der Waals surface area contributed by atoms with Gasteiger partial charge in [0, 0.05) is 26.2 Å². The molecule has 2 N–H and O–H groups in total. The second-order valence-corrected chi connectivity index (χ2v) is 8.70. The minimum Gasteiger partial charge on any atom is -0.424 e. The summed E-state index contributed by atoms with van der Waals surface area (Å²) in [5.41, 5.74) is 6.37. The molecule has 1 saturated heterocycles. The zero-order chi connectivity index (χ0) is 22.8. The zero-order valence-corrected chi connectivity index (χ0v) is 19.2. The molecule has 2 unspecified atom stereocenters. The lowest BCUT2D eigenvalue weighted by atomic mass is 10.1. The molecule has 1 amide bonds. The number of nitrogens with zero attached hydrogens (tertiary/aromatic N) is 6. The van der Waals surface area contributed by atoms with Crippen LogP contribution >= 0.6 is 11.3 Å². The first-order chi connectivity index (χ1) is 15.3. The fourth-order valence-electron chi connectivity index (χ4n) is 3.27. The van der Waals surface area contributed by atoms with E-state index in [1.54, 1.807) is 44.6 Å². The van der Waals surface area contributed by atoms with Crippen LogP contribution in [-0.2, 0) is 4.74 Å². The predicted molar refractivity (Wildman–Crippen MR) is 122 cm³/mol. The lowest BCUT2D eigenvalue weighted by molar-refractivity contribution is 0.0277. The number of carbonyl (C=O) groups is 1. The van der Waals surface area contributed by atoms with Crippen LogP contribution in [-0.4, -0.2) is 70.1 Å². The molecule has 0 spiro atoms. The lowest BCUT2D eigenvalue weighted by Gasteiger charge is -2.37. The predicted octanol–water partition coefficient (Wildman–Crippen LogP) is 2.69. The highest BCUT2D eigenvalue weighted by molar-refractivity contribution is 7.18. The molecule has 32 heavy (non-hydrogen) atoms. The number of thiazole rings is 1. The number of amides is 1. The Hall–Kier alpha value is -3.31. The van der Waals surface area contributed by atoms with Gasteiger partial charge in [-0.1, -0.05) is 11.3 Å². The minimum atomic E-state index is -0.0838. The van der Waals surface area contributed by atoms with E-state index in [1.165, 1.54) is 16.2 Å². The van der Waals surface area contributed by atoms with Gasteiger partial charge in [0.25, 0.3) is 5.91 Å². The van der Waals surface area contributed by atoms with Crippen molar-refractivity contribution < 1.29 is 14.3 Å². The Balaban J connectivity index is 1.67. The van der Waals surface area contributed by atoms with Gasteiger partial charge in [-0.3, -0.25) is 4.79 Å². The molecule has 1 fully saturated rings. The molecule has 3 aromatic rings. The number of anilines is 2. The van der Waals surface area contributed by atoms with Crippen molar-refractivity contribution >= 4 is 28.3 Å². The van der Waals surface area contributed by atoms with E-state index in [0.717, 1.165) is 4.88 Å². The first-order valence-electron chi connectivity index (χ1n) is 10.2. The van der Waals surface area contributed by atoms with Crippen LogP contribution < -0.4 is 15.4 Å². The van der Waals surface area contributed by atoms with Crippen LogP contribution in [0, 0.1) is 0 Å². The van der Waals surface area contributed by atoms with E-state index in [2.05, 4.69) is 31.8 Å². The molecule has 168 valence electrons. The number of rotatable bonds is 5. The molecule has 1 aliphatic rings. The average molecular weight is 456 g/mol. The van der Waals surface area contributed by atoms with Gasteiger partial charge in [0.1, 0.15) is 5.75 Å². The van der Waals surface area contributed by atoms with Gasteiger partial charge < -0.3 is 25.0 Å². The van der Waals surface area contributed by atoms with E-state index < -0.39 is 0 Å². The van der Waals surface area contributed by atoms with Crippen LogP contribution in [0.2, 0.25) is 0 Å². The van der Waals surface area contributed by atoms with E-state index in [1.807, 2.05) is 6.92 Å². The molecule has 1 aromatic carbocycles. The van der Waals surface area contributed by atoms with Crippen LogP contribution in [0.15, 0.2) is 30.5 Å². The monoisotopic (exact) mass is 455 g/mol. The van der Waals surface area contributed by atoms with E-state index in [0.29, 0.717) is 41.4 Å². The topological polar surface area (TPSA) is 120 Å². The third-order valence-corrected chi connectivity index (χ3v) is 6.03. The Morgan fingerprint density at radius 3 is 2.62 bits per heavy atom. The van der Waals surface area contributed by atoms with Crippen molar-refractivity contribution in [1.29, 1.82) is 0 Å². The van der Waals surface area contributed by atoms with E-state index in [-0.39, 0.29) is 24.1 Å². The summed E-state index contributed by atoms with van der Waals surface area (Å²) in [7, 11) is 3.42. The summed E-state index contributed by atoms with van der Waals surface area (Å²) in [6.45, 7) is 5.33. The molecule has 2 aromatic heterocycles. The van der Waals surface area contributed by atoms with Crippen molar-refractivity contribution in [3.63, 3.8) is 0 Å². The van der Waals surface area contributed by atoms with Gasteiger partial charge in [-0.2, -0.15) is 15.0 Å². The van der Waals surface area contributed by atoms with Crippen molar-refractivity contribution in [2.45, 2.75) is 26.0 Å². The van der Waals surface area contributed by atoms with E-state index in [4.69, 9.17) is 15.2 Å². The zero-order valence-electron chi connectivity index (χ0n) is 18.3. The summed E-state index contributed by atoms with van der Waals surface area (Å²) in [5, 5.41) is 0.430. The number of hydrogen-bond donors (Lipinski definition) is 1. The van der Waals surface area contributed by atoms with Crippen LogP contribution in [0.5, 0.6) is 11.8 Å². The Kier molecular flexibility index (Phi) is 6.19. The van der Waals surface area contributed by atoms with Gasteiger partial charge in [0.15, 0.2) is 11.0 Å². The lowest BCUT2D eigenvalue weighted by Crippen LogP contribution is -2.49. The van der Waals surface area contributed by atoms with Crippen LogP contribution in [0.1, 0.15) is 24.2 Å². The summed E-state index contributed by atoms with van der Waals surface area (Å²) in [6, 6.07) is 7.06. The number of aromatic nitrogens is 4. The number of benzene rings is 1. The number of carbonyl (C=O) groups excluding carboxylic acids is 1. The standard InChI is InChI=1S/C21H25N7O3S/c1-12-13(2)30-10-9-28(12)20-24-17(16-11-23-19(22)32-16)25-21(26-20)31-15-7-5-14(6-8-15)18(29)27(3)4/h5-8,11-13H,9-10H2,1-4H3,(H2,22,23). The van der Waals surface area contributed by atoms with Crippen LogP contribution in [0.4, 0.5) is 11.1 Å². The number of nitrogen functional groups attached to an aromatic ring is 1. The SMILES string of the molecule is CC1OCCN(c2nc(Oc3ccc(C(=O)N(C)C)cc3)nc(-c3cnc(N)s3)n2)C1C. The van der Waals surface area contributed by atoms with Gasteiger partial charge in [-0.05, 0) is 38.1 Å². The highest BCUT2D eigenvalue weighted by Crippen LogP contribution is 2.30. The Morgan fingerprint density at radius 2 is 1.97 bits per heavy atom. The first-order valence-corrected chi connectivity index (χ1v) is 11.0. The molecule has 3 heterocycles. The summed E-state index contributed by atoms with van der Waals surface area (Å²) in [4.78, 5) is 34.2. The normalized spacial score (nSPS) is 18.4. The minimum absolute atomic E-state index is 0.0363. The number of ether oxygens (including phenoxy) is 2. The third kappa shape index (κ3) is 4.63. The van der Waals surface area contributed by atoms with Crippen molar-refractivity contribution in [3.05, 3.63) is 36.0 Å². The molecule has 1 aliphatic heterocycles. The summed E-state index contributed by atoms with van der Waals surface area (Å²) < 4.78 is 11.7. The molecular weight excluding hydrogens is 430 g/mol. The molecule has 0 aliphatic carbocycles. The van der Waals surface area contributed by atoms with E-state index >= 15 is 0 Å². The number of hydrogen-bond acceptors (Lipinski definition) is 10. The van der Waals surface area contributed by atoms with Crippen molar-refractivity contribution in [2.75, 3.05) is 37.9 Å². The highest BCUT2D eigenvalue weighted by atomic mass is 32.1. The van der Waals surface area contributed by atoms with Crippen molar-refractivity contribution in [1.82, 2.24) is 24.8 Å². The molecule has 0 saturated carbocycles. The van der Waals surface area contributed by atoms with Crippen LogP contribution in [0.25, 0.3) is 10.7 Å². The van der Waals surface area contributed by atoms with E-state index in [9.17, 15) is 4.79 Å². The largest absolute Gasteiger partial charge is 0.424 e.